The predicted molar refractivity (Wildman–Crippen MR) is 135 cm³/mol. The summed E-state index contributed by atoms with van der Waals surface area (Å²) in [5.41, 5.74) is 4.12. The first-order valence-corrected chi connectivity index (χ1v) is 12.3. The minimum atomic E-state index is -0.359. The molecule has 8 heteroatoms. The quantitative estimate of drug-likeness (QED) is 0.288. The lowest BCUT2D eigenvalue weighted by Crippen LogP contribution is -2.23. The molecule has 1 aliphatic rings. The maximum absolute atomic E-state index is 13.0. The van der Waals surface area contributed by atoms with Gasteiger partial charge < -0.3 is 14.1 Å². The third kappa shape index (κ3) is 4.58. The molecule has 3 aromatic carbocycles. The normalized spacial score (nSPS) is 15.7. The van der Waals surface area contributed by atoms with E-state index in [9.17, 15) is 4.79 Å². The molecule has 6 rings (SSSR count). The van der Waals surface area contributed by atoms with E-state index in [1.165, 1.54) is 11.3 Å². The number of ether oxygens (including phenoxy) is 1. The zero-order chi connectivity index (χ0) is 23.6. The van der Waals surface area contributed by atoms with Gasteiger partial charge in [-0.3, -0.25) is 4.79 Å². The molecule has 0 spiro atoms. The van der Waals surface area contributed by atoms with Gasteiger partial charge in [-0.2, -0.15) is 0 Å². The number of thiazole rings is 1. The number of benzene rings is 3. The van der Waals surface area contributed by atoms with E-state index in [0.29, 0.717) is 24.2 Å². The lowest BCUT2D eigenvalue weighted by atomic mass is 10.1. The van der Waals surface area contributed by atoms with Crippen LogP contribution in [0.5, 0.6) is 0 Å². The summed E-state index contributed by atoms with van der Waals surface area (Å²) in [6, 6.07) is 26.6. The molecule has 1 aliphatic heterocycles. The largest absolute Gasteiger partial charge is 0.400 e. The molecule has 0 bridgehead atoms. The Morgan fingerprint density at radius 3 is 2.63 bits per heavy atom. The van der Waals surface area contributed by atoms with E-state index in [-0.39, 0.29) is 17.8 Å². The molecule has 1 atom stereocenters. The Kier molecular flexibility index (Phi) is 5.81. The molecule has 7 nitrogen and oxygen atoms in total. The molecular weight excluding hydrogens is 460 g/mol. The summed E-state index contributed by atoms with van der Waals surface area (Å²) in [5, 5.41) is 8.46. The highest BCUT2D eigenvalue weighted by atomic mass is 32.1. The van der Waals surface area contributed by atoms with Crippen LogP contribution in [0.25, 0.3) is 21.3 Å². The highest BCUT2D eigenvalue weighted by Crippen LogP contribution is 2.30. The zero-order valence-corrected chi connectivity index (χ0v) is 19.6. The molecule has 174 valence electrons. The van der Waals surface area contributed by atoms with Crippen LogP contribution in [0, 0.1) is 0 Å². The van der Waals surface area contributed by atoms with Crippen molar-refractivity contribution in [3.63, 3.8) is 0 Å². The minimum absolute atomic E-state index is 0.0454. The average molecular weight is 483 g/mol. The lowest BCUT2D eigenvalue weighted by Gasteiger charge is -2.13. The van der Waals surface area contributed by atoms with Crippen LogP contribution in [0.4, 0.5) is 6.01 Å². The van der Waals surface area contributed by atoms with Gasteiger partial charge in [-0.1, -0.05) is 71.8 Å². The number of hydrogen-bond donors (Lipinski definition) is 0. The Morgan fingerprint density at radius 2 is 1.80 bits per heavy atom. The van der Waals surface area contributed by atoms with E-state index in [1.54, 1.807) is 0 Å². The predicted octanol–water partition coefficient (Wildman–Crippen LogP) is 5.37. The van der Waals surface area contributed by atoms with Crippen LogP contribution >= 0.6 is 11.3 Å². The third-order valence-electron chi connectivity index (χ3n) is 6.04. The van der Waals surface area contributed by atoms with Crippen molar-refractivity contribution < 1.29 is 13.9 Å². The highest BCUT2D eigenvalue weighted by Gasteiger charge is 2.29. The number of anilines is 1. The summed E-state index contributed by atoms with van der Waals surface area (Å²) in [5.74, 6) is -0.404. The van der Waals surface area contributed by atoms with Crippen LogP contribution in [-0.2, 0) is 11.3 Å². The Hall–Kier alpha value is -3.88. The molecule has 0 N–H and O–H groups in total. The lowest BCUT2D eigenvalue weighted by molar-refractivity contribution is 0.0552. The van der Waals surface area contributed by atoms with E-state index in [1.807, 2.05) is 65.6 Å². The van der Waals surface area contributed by atoms with Crippen molar-refractivity contribution in [3.8, 4) is 11.1 Å². The number of fused-ring (bicyclic) bond motifs is 1. The van der Waals surface area contributed by atoms with Gasteiger partial charge in [0.2, 0.25) is 0 Å². The third-order valence-corrected chi connectivity index (χ3v) is 7.06. The highest BCUT2D eigenvalue weighted by molar-refractivity contribution is 7.20. The molecule has 1 unspecified atom stereocenters. The molecule has 0 amide bonds. The van der Waals surface area contributed by atoms with Crippen molar-refractivity contribution >= 4 is 33.4 Å². The Morgan fingerprint density at radius 1 is 1.00 bits per heavy atom. The second kappa shape index (κ2) is 9.40. The first-order chi connectivity index (χ1) is 17.2. The van der Waals surface area contributed by atoms with Crippen molar-refractivity contribution in [3.05, 3.63) is 95.3 Å². The molecule has 5 aromatic rings. The van der Waals surface area contributed by atoms with Gasteiger partial charge in [-0.25, -0.2) is 4.98 Å². The van der Waals surface area contributed by atoms with E-state index < -0.39 is 0 Å². The number of rotatable bonds is 7. The summed E-state index contributed by atoms with van der Waals surface area (Å²) < 4.78 is 12.7. The molecule has 1 saturated heterocycles. The number of ketones is 1. The zero-order valence-electron chi connectivity index (χ0n) is 18.8. The summed E-state index contributed by atoms with van der Waals surface area (Å²) >= 11 is 1.33. The molecule has 2 aromatic heterocycles. The Labute approximate surface area is 206 Å². The first-order valence-electron chi connectivity index (χ1n) is 11.5. The van der Waals surface area contributed by atoms with E-state index in [2.05, 4.69) is 33.4 Å². The van der Waals surface area contributed by atoms with Crippen molar-refractivity contribution in [1.29, 1.82) is 0 Å². The smallest absolute Gasteiger partial charge is 0.318 e. The topological polar surface area (TPSA) is 81.4 Å². The molecular formula is C27H22N4O3S. The number of carbonyl (C=O) groups is 1. The van der Waals surface area contributed by atoms with Crippen LogP contribution < -0.4 is 4.90 Å². The number of nitrogens with zero attached hydrogens (tertiary/aromatic N) is 4. The van der Waals surface area contributed by atoms with Crippen LogP contribution in [0.1, 0.15) is 27.7 Å². The molecule has 0 radical (unpaired) electrons. The van der Waals surface area contributed by atoms with Crippen molar-refractivity contribution in [2.45, 2.75) is 19.1 Å². The standard InChI is InChI=1S/C27H22N4O3S/c32-24(26-28-22-12-11-20(15-23(22)35-26)19-9-5-2-6-10-19)25-29-30-27(34-25)31-14-13-21(16-31)33-17-18-7-3-1-4-8-18/h1-12,15,21H,13-14,16-17H2. The van der Waals surface area contributed by atoms with Gasteiger partial charge >= 0.3 is 6.01 Å². The Balaban J connectivity index is 1.13. The van der Waals surface area contributed by atoms with Gasteiger partial charge in [0.15, 0.2) is 5.01 Å². The summed E-state index contributed by atoms with van der Waals surface area (Å²) in [4.78, 5) is 19.5. The number of carbonyl (C=O) groups excluding carboxylic acids is 1. The van der Waals surface area contributed by atoms with E-state index >= 15 is 0 Å². The van der Waals surface area contributed by atoms with Crippen molar-refractivity contribution in [2.75, 3.05) is 18.0 Å². The second-order valence-corrected chi connectivity index (χ2v) is 9.47. The molecule has 1 fully saturated rings. The molecule has 3 heterocycles. The summed E-state index contributed by atoms with van der Waals surface area (Å²) in [6.45, 7) is 1.95. The second-order valence-electron chi connectivity index (χ2n) is 8.44. The van der Waals surface area contributed by atoms with Crippen LogP contribution in [0.3, 0.4) is 0 Å². The maximum atomic E-state index is 13.0. The monoisotopic (exact) mass is 482 g/mol. The van der Waals surface area contributed by atoms with Crippen LogP contribution in [0.2, 0.25) is 0 Å². The fraction of sp³-hybridized carbons (Fsp3) is 0.185. The molecule has 0 saturated carbocycles. The summed E-state index contributed by atoms with van der Waals surface area (Å²) in [7, 11) is 0. The SMILES string of the molecule is O=C(c1nnc(N2CCC(OCc3ccccc3)C2)o1)c1nc2ccc(-c3ccccc3)cc2s1. The van der Waals surface area contributed by atoms with Gasteiger partial charge in [0.25, 0.3) is 11.7 Å². The fourth-order valence-corrected chi connectivity index (χ4v) is 5.12. The van der Waals surface area contributed by atoms with Crippen molar-refractivity contribution in [1.82, 2.24) is 15.2 Å². The van der Waals surface area contributed by atoms with Crippen LogP contribution in [0.15, 0.2) is 83.3 Å². The van der Waals surface area contributed by atoms with Crippen molar-refractivity contribution in [2.24, 2.45) is 0 Å². The van der Waals surface area contributed by atoms with E-state index in [0.717, 1.165) is 39.9 Å². The van der Waals surface area contributed by atoms with Gasteiger partial charge in [-0.05, 0) is 35.2 Å². The average Bonchev–Trinajstić information content (AvgIpc) is 3.67. The maximum Gasteiger partial charge on any atom is 0.318 e. The summed E-state index contributed by atoms with van der Waals surface area (Å²) in [6.07, 6.45) is 0.935. The number of hydrogen-bond acceptors (Lipinski definition) is 8. The van der Waals surface area contributed by atoms with Crippen LogP contribution in [-0.4, -0.2) is 40.2 Å². The molecule has 35 heavy (non-hydrogen) atoms. The Bertz CT molecular complexity index is 1470. The van der Waals surface area contributed by atoms with Gasteiger partial charge in [0, 0.05) is 13.1 Å². The van der Waals surface area contributed by atoms with Gasteiger partial charge in [0.05, 0.1) is 22.9 Å². The number of aromatic nitrogens is 3. The minimum Gasteiger partial charge on any atom is -0.400 e. The van der Waals surface area contributed by atoms with E-state index in [4.69, 9.17) is 9.15 Å². The van der Waals surface area contributed by atoms with Gasteiger partial charge in [0.1, 0.15) is 0 Å². The fourth-order valence-electron chi connectivity index (χ4n) is 4.18. The van der Waals surface area contributed by atoms with Gasteiger partial charge in [-0.15, -0.1) is 16.4 Å². The first kappa shape index (κ1) is 21.6. The molecule has 0 aliphatic carbocycles.